The lowest BCUT2D eigenvalue weighted by atomic mass is 9.93. The van der Waals surface area contributed by atoms with Gasteiger partial charge in [0.2, 0.25) is 5.91 Å². The molecule has 0 saturated carbocycles. The number of amides is 2. The van der Waals surface area contributed by atoms with Gasteiger partial charge in [-0.05, 0) is 44.7 Å². The first-order valence-corrected chi connectivity index (χ1v) is 10.1. The summed E-state index contributed by atoms with van der Waals surface area (Å²) in [7, 11) is 1.69. The first-order valence-electron chi connectivity index (χ1n) is 10.1. The summed E-state index contributed by atoms with van der Waals surface area (Å²) in [4.78, 5) is 30.7. The summed E-state index contributed by atoms with van der Waals surface area (Å²) in [6, 6.07) is 7.56. The van der Waals surface area contributed by atoms with Crippen LogP contribution in [0.15, 0.2) is 29.3 Å². The average Bonchev–Trinajstić information content (AvgIpc) is 2.70. The van der Waals surface area contributed by atoms with Gasteiger partial charge in [-0.15, -0.1) is 24.0 Å². The van der Waals surface area contributed by atoms with Gasteiger partial charge in [-0.2, -0.15) is 0 Å². The van der Waals surface area contributed by atoms with E-state index in [0.29, 0.717) is 31.0 Å². The predicted octanol–water partition coefficient (Wildman–Crippen LogP) is 2.16. The minimum absolute atomic E-state index is 0. The normalized spacial score (nSPS) is 14.7. The SMILES string of the molecule is CCNC(=NCCNC(=O)c1cccc(C)c1)N1CCC(CC(=O)NC)CC1.I. The molecule has 0 aromatic heterocycles. The Hall–Kier alpha value is -1.84. The van der Waals surface area contributed by atoms with Crippen molar-refractivity contribution in [2.75, 3.05) is 39.8 Å². The first-order chi connectivity index (χ1) is 13.5. The molecule has 0 aliphatic carbocycles. The highest BCUT2D eigenvalue weighted by Gasteiger charge is 2.23. The van der Waals surface area contributed by atoms with Gasteiger partial charge in [0, 0.05) is 45.2 Å². The Bertz CT molecular complexity index is 687. The molecule has 29 heavy (non-hydrogen) atoms. The summed E-state index contributed by atoms with van der Waals surface area (Å²) in [5.74, 6) is 1.36. The van der Waals surface area contributed by atoms with Crippen LogP contribution in [0.4, 0.5) is 0 Å². The third kappa shape index (κ3) is 8.59. The zero-order valence-electron chi connectivity index (χ0n) is 17.7. The molecule has 8 heteroatoms. The van der Waals surface area contributed by atoms with E-state index >= 15 is 0 Å². The highest BCUT2D eigenvalue weighted by molar-refractivity contribution is 14.0. The van der Waals surface area contributed by atoms with Gasteiger partial charge in [0.15, 0.2) is 5.96 Å². The Balaban J connectivity index is 0.00000420. The van der Waals surface area contributed by atoms with E-state index in [-0.39, 0.29) is 35.8 Å². The number of guanidine groups is 1. The van der Waals surface area contributed by atoms with Crippen molar-refractivity contribution in [3.8, 4) is 0 Å². The fraction of sp³-hybridized carbons (Fsp3) is 0.571. The van der Waals surface area contributed by atoms with Gasteiger partial charge in [0.25, 0.3) is 5.91 Å². The van der Waals surface area contributed by atoms with Crippen LogP contribution < -0.4 is 16.0 Å². The maximum Gasteiger partial charge on any atom is 0.251 e. The molecule has 0 bridgehead atoms. The first kappa shape index (κ1) is 25.2. The molecular weight excluding hydrogens is 481 g/mol. The summed E-state index contributed by atoms with van der Waals surface area (Å²) in [5.41, 5.74) is 1.74. The van der Waals surface area contributed by atoms with Crippen LogP contribution in [0.5, 0.6) is 0 Å². The molecule has 1 fully saturated rings. The molecule has 1 aromatic carbocycles. The predicted molar refractivity (Wildman–Crippen MR) is 128 cm³/mol. The summed E-state index contributed by atoms with van der Waals surface area (Å²) in [6.07, 6.45) is 2.58. The van der Waals surface area contributed by atoms with E-state index in [1.165, 1.54) is 0 Å². The van der Waals surface area contributed by atoms with Gasteiger partial charge < -0.3 is 20.9 Å². The topological polar surface area (TPSA) is 85.8 Å². The summed E-state index contributed by atoms with van der Waals surface area (Å²) in [6.45, 7) is 7.63. The number of piperidine rings is 1. The van der Waals surface area contributed by atoms with Crippen molar-refractivity contribution in [2.24, 2.45) is 10.9 Å². The van der Waals surface area contributed by atoms with Gasteiger partial charge in [0.1, 0.15) is 0 Å². The molecule has 1 aromatic rings. The molecule has 2 amide bonds. The zero-order chi connectivity index (χ0) is 20.4. The van der Waals surface area contributed by atoms with Gasteiger partial charge in [-0.3, -0.25) is 14.6 Å². The molecule has 3 N–H and O–H groups in total. The quantitative estimate of drug-likeness (QED) is 0.225. The highest BCUT2D eigenvalue weighted by Crippen LogP contribution is 2.20. The zero-order valence-corrected chi connectivity index (χ0v) is 20.0. The fourth-order valence-corrected chi connectivity index (χ4v) is 3.36. The second kappa shape index (κ2) is 13.4. The van der Waals surface area contributed by atoms with Crippen LogP contribution >= 0.6 is 24.0 Å². The lowest BCUT2D eigenvalue weighted by Gasteiger charge is -2.34. The van der Waals surface area contributed by atoms with Crippen molar-refractivity contribution >= 4 is 41.8 Å². The number of likely N-dealkylation sites (tertiary alicyclic amines) is 1. The van der Waals surface area contributed by atoms with Crippen LogP contribution in [0, 0.1) is 12.8 Å². The molecule has 0 unspecified atom stereocenters. The highest BCUT2D eigenvalue weighted by atomic mass is 127. The smallest absolute Gasteiger partial charge is 0.251 e. The van der Waals surface area contributed by atoms with E-state index in [2.05, 4.69) is 25.8 Å². The number of aliphatic imine (C=N–C) groups is 1. The second-order valence-electron chi connectivity index (χ2n) is 7.17. The standard InChI is InChI=1S/C21H33N5O2.HI/c1-4-23-21(26-12-8-17(9-13-26)15-19(27)22-3)25-11-10-24-20(28)18-7-5-6-16(2)14-18;/h5-7,14,17H,4,8-13,15H2,1-3H3,(H,22,27)(H,23,25)(H,24,28);1H. The maximum absolute atomic E-state index is 12.2. The summed E-state index contributed by atoms with van der Waals surface area (Å²) < 4.78 is 0. The average molecular weight is 515 g/mol. The molecule has 7 nitrogen and oxygen atoms in total. The third-order valence-corrected chi connectivity index (χ3v) is 4.94. The maximum atomic E-state index is 12.2. The summed E-state index contributed by atoms with van der Waals surface area (Å²) in [5, 5.41) is 8.96. The number of aryl methyl sites for hydroxylation is 1. The van der Waals surface area contributed by atoms with Crippen molar-refractivity contribution in [1.82, 2.24) is 20.9 Å². The van der Waals surface area contributed by atoms with Gasteiger partial charge in [-0.1, -0.05) is 17.7 Å². The van der Waals surface area contributed by atoms with E-state index < -0.39 is 0 Å². The molecule has 162 valence electrons. The Morgan fingerprint density at radius 1 is 1.21 bits per heavy atom. The Kier molecular flexibility index (Phi) is 11.6. The molecule has 1 aliphatic heterocycles. The second-order valence-corrected chi connectivity index (χ2v) is 7.17. The van der Waals surface area contributed by atoms with E-state index in [1.54, 1.807) is 7.05 Å². The summed E-state index contributed by atoms with van der Waals surface area (Å²) >= 11 is 0. The number of halogens is 1. The molecule has 0 atom stereocenters. The Morgan fingerprint density at radius 2 is 1.93 bits per heavy atom. The van der Waals surface area contributed by atoms with E-state index in [4.69, 9.17) is 0 Å². The number of rotatable bonds is 7. The molecule has 1 heterocycles. The Morgan fingerprint density at radius 3 is 2.55 bits per heavy atom. The molecule has 0 spiro atoms. The number of nitrogens with one attached hydrogen (secondary N) is 3. The van der Waals surface area contributed by atoms with E-state index in [0.717, 1.165) is 44.0 Å². The molecule has 0 radical (unpaired) electrons. The third-order valence-electron chi connectivity index (χ3n) is 4.94. The largest absolute Gasteiger partial charge is 0.359 e. The van der Waals surface area contributed by atoms with E-state index in [9.17, 15) is 9.59 Å². The lowest BCUT2D eigenvalue weighted by Crippen LogP contribution is -2.46. The van der Waals surface area contributed by atoms with Crippen molar-refractivity contribution in [3.63, 3.8) is 0 Å². The van der Waals surface area contributed by atoms with Crippen molar-refractivity contribution < 1.29 is 9.59 Å². The number of carbonyl (C=O) groups is 2. The molecule has 1 aliphatic rings. The molecule has 1 saturated heterocycles. The number of benzene rings is 1. The van der Waals surface area contributed by atoms with Gasteiger partial charge in [0.05, 0.1) is 6.54 Å². The lowest BCUT2D eigenvalue weighted by molar-refractivity contribution is -0.121. The number of hydrogen-bond donors (Lipinski definition) is 3. The van der Waals surface area contributed by atoms with E-state index in [1.807, 2.05) is 38.1 Å². The van der Waals surface area contributed by atoms with Gasteiger partial charge in [-0.25, -0.2) is 0 Å². The van der Waals surface area contributed by atoms with Crippen molar-refractivity contribution in [2.45, 2.75) is 33.1 Å². The fourth-order valence-electron chi connectivity index (χ4n) is 3.36. The number of hydrogen-bond acceptors (Lipinski definition) is 3. The van der Waals surface area contributed by atoms with Crippen molar-refractivity contribution in [3.05, 3.63) is 35.4 Å². The number of nitrogens with zero attached hydrogens (tertiary/aromatic N) is 2. The van der Waals surface area contributed by atoms with Crippen LogP contribution in [0.1, 0.15) is 42.1 Å². The van der Waals surface area contributed by atoms with Crippen LogP contribution in [-0.4, -0.2) is 62.4 Å². The van der Waals surface area contributed by atoms with Crippen molar-refractivity contribution in [1.29, 1.82) is 0 Å². The van der Waals surface area contributed by atoms with Crippen LogP contribution in [0.2, 0.25) is 0 Å². The van der Waals surface area contributed by atoms with Crippen LogP contribution in [0.3, 0.4) is 0 Å². The van der Waals surface area contributed by atoms with Crippen LogP contribution in [0.25, 0.3) is 0 Å². The molecule has 2 rings (SSSR count). The van der Waals surface area contributed by atoms with Crippen LogP contribution in [-0.2, 0) is 4.79 Å². The minimum Gasteiger partial charge on any atom is -0.359 e. The van der Waals surface area contributed by atoms with Gasteiger partial charge >= 0.3 is 0 Å². The minimum atomic E-state index is -0.0704. The number of carbonyl (C=O) groups excluding carboxylic acids is 2. The molecular formula is C21H34IN5O2. The monoisotopic (exact) mass is 515 g/mol. The Labute approximate surface area is 191 Å².